The summed E-state index contributed by atoms with van der Waals surface area (Å²) in [4.78, 5) is 0. The Hall–Kier alpha value is -0.820. The molecular formula is C13H19N. The van der Waals surface area contributed by atoms with Crippen molar-refractivity contribution in [3.8, 4) is 0 Å². The summed E-state index contributed by atoms with van der Waals surface area (Å²) in [6, 6.07) is 6.75. The monoisotopic (exact) mass is 189 g/mol. The van der Waals surface area contributed by atoms with Gasteiger partial charge in [0.25, 0.3) is 0 Å². The number of hydrogen-bond acceptors (Lipinski definition) is 1. The van der Waals surface area contributed by atoms with Crippen molar-refractivity contribution in [3.05, 3.63) is 34.9 Å². The van der Waals surface area contributed by atoms with Crippen LogP contribution in [0.25, 0.3) is 0 Å². The molecule has 0 atom stereocenters. The molecular weight excluding hydrogens is 170 g/mol. The van der Waals surface area contributed by atoms with E-state index in [0.29, 0.717) is 5.41 Å². The zero-order valence-electron chi connectivity index (χ0n) is 9.14. The molecule has 0 bridgehead atoms. The minimum Gasteiger partial charge on any atom is -0.330 e. The van der Waals surface area contributed by atoms with Crippen LogP contribution in [0.5, 0.6) is 0 Å². The molecule has 76 valence electrons. The highest BCUT2D eigenvalue weighted by molar-refractivity contribution is 5.38. The van der Waals surface area contributed by atoms with Crippen molar-refractivity contribution in [1.29, 1.82) is 0 Å². The molecule has 14 heavy (non-hydrogen) atoms. The summed E-state index contributed by atoms with van der Waals surface area (Å²) in [5.74, 6) is 0. The van der Waals surface area contributed by atoms with Crippen molar-refractivity contribution >= 4 is 0 Å². The molecule has 1 aliphatic rings. The summed E-state index contributed by atoms with van der Waals surface area (Å²) in [6.07, 6.45) is 3.88. The van der Waals surface area contributed by atoms with Gasteiger partial charge in [0.05, 0.1) is 0 Å². The van der Waals surface area contributed by atoms with E-state index in [9.17, 15) is 0 Å². The van der Waals surface area contributed by atoms with Crippen molar-refractivity contribution in [2.75, 3.05) is 6.54 Å². The highest BCUT2D eigenvalue weighted by Gasteiger charge is 2.37. The Morgan fingerprint density at radius 3 is 2.43 bits per heavy atom. The Kier molecular flexibility index (Phi) is 2.36. The van der Waals surface area contributed by atoms with Gasteiger partial charge in [0.1, 0.15) is 0 Å². The zero-order chi connectivity index (χ0) is 10.2. The van der Waals surface area contributed by atoms with Crippen LogP contribution in [0.2, 0.25) is 0 Å². The minimum atomic E-state index is 0.317. The number of aryl methyl sites for hydroxylation is 2. The molecule has 0 aromatic heterocycles. The predicted molar refractivity (Wildman–Crippen MR) is 60.5 cm³/mol. The van der Waals surface area contributed by atoms with Gasteiger partial charge in [-0.3, -0.25) is 0 Å². The standard InChI is InChI=1S/C13H19N/c1-10-4-5-12(11(2)8-10)13(9-14)6-3-7-13/h4-5,8H,3,6-7,9,14H2,1-2H3. The molecule has 0 spiro atoms. The molecule has 0 amide bonds. The molecule has 1 aliphatic carbocycles. The second-order valence-corrected chi connectivity index (χ2v) is 4.66. The molecule has 1 nitrogen and oxygen atoms in total. The SMILES string of the molecule is Cc1ccc(C2(CN)CCC2)c(C)c1. The lowest BCUT2D eigenvalue weighted by molar-refractivity contribution is 0.252. The summed E-state index contributed by atoms with van der Waals surface area (Å²) in [5.41, 5.74) is 10.5. The summed E-state index contributed by atoms with van der Waals surface area (Å²) >= 11 is 0. The molecule has 1 aromatic rings. The van der Waals surface area contributed by atoms with Crippen LogP contribution in [-0.4, -0.2) is 6.54 Å². The van der Waals surface area contributed by atoms with Crippen LogP contribution in [0, 0.1) is 13.8 Å². The van der Waals surface area contributed by atoms with E-state index in [1.807, 2.05) is 0 Å². The maximum Gasteiger partial charge on any atom is 0.00782 e. The minimum absolute atomic E-state index is 0.317. The van der Waals surface area contributed by atoms with Gasteiger partial charge < -0.3 is 5.73 Å². The van der Waals surface area contributed by atoms with Crippen LogP contribution >= 0.6 is 0 Å². The van der Waals surface area contributed by atoms with Crippen molar-refractivity contribution in [2.24, 2.45) is 5.73 Å². The average molecular weight is 189 g/mol. The zero-order valence-corrected chi connectivity index (χ0v) is 9.14. The lowest BCUT2D eigenvalue weighted by Crippen LogP contribution is -2.42. The Morgan fingerprint density at radius 2 is 2.00 bits per heavy atom. The molecule has 0 radical (unpaired) electrons. The lowest BCUT2D eigenvalue weighted by Gasteiger charge is -2.42. The summed E-state index contributed by atoms with van der Waals surface area (Å²) < 4.78 is 0. The second-order valence-electron chi connectivity index (χ2n) is 4.66. The Morgan fingerprint density at radius 1 is 1.29 bits per heavy atom. The van der Waals surface area contributed by atoms with Crippen molar-refractivity contribution < 1.29 is 0 Å². The first kappa shape index (κ1) is 9.72. The first-order valence-corrected chi connectivity index (χ1v) is 5.46. The third-order valence-corrected chi connectivity index (χ3v) is 3.65. The quantitative estimate of drug-likeness (QED) is 0.760. The van der Waals surface area contributed by atoms with E-state index in [0.717, 1.165) is 6.54 Å². The van der Waals surface area contributed by atoms with Gasteiger partial charge in [-0.2, -0.15) is 0 Å². The molecule has 1 fully saturated rings. The van der Waals surface area contributed by atoms with Crippen LogP contribution in [-0.2, 0) is 5.41 Å². The fourth-order valence-electron chi connectivity index (χ4n) is 2.60. The summed E-state index contributed by atoms with van der Waals surface area (Å²) in [6.45, 7) is 5.15. The van der Waals surface area contributed by atoms with Crippen LogP contribution in [0.1, 0.15) is 36.0 Å². The lowest BCUT2D eigenvalue weighted by atomic mass is 9.63. The largest absolute Gasteiger partial charge is 0.330 e. The third kappa shape index (κ3) is 1.36. The molecule has 1 saturated carbocycles. The molecule has 0 heterocycles. The van der Waals surface area contributed by atoms with E-state index < -0.39 is 0 Å². The highest BCUT2D eigenvalue weighted by atomic mass is 14.6. The van der Waals surface area contributed by atoms with E-state index in [4.69, 9.17) is 5.73 Å². The predicted octanol–water partition coefficient (Wildman–Crippen LogP) is 2.68. The van der Waals surface area contributed by atoms with E-state index in [2.05, 4.69) is 32.0 Å². The van der Waals surface area contributed by atoms with Gasteiger partial charge in [0.15, 0.2) is 0 Å². The maximum atomic E-state index is 5.91. The van der Waals surface area contributed by atoms with Gasteiger partial charge in [-0.15, -0.1) is 0 Å². The second kappa shape index (κ2) is 3.39. The van der Waals surface area contributed by atoms with Gasteiger partial charge in [0, 0.05) is 12.0 Å². The van der Waals surface area contributed by atoms with E-state index in [1.54, 1.807) is 0 Å². The van der Waals surface area contributed by atoms with E-state index >= 15 is 0 Å². The smallest absolute Gasteiger partial charge is 0.00782 e. The highest BCUT2D eigenvalue weighted by Crippen LogP contribution is 2.44. The number of nitrogens with two attached hydrogens (primary N) is 1. The van der Waals surface area contributed by atoms with Gasteiger partial charge in [-0.05, 0) is 37.8 Å². The van der Waals surface area contributed by atoms with Gasteiger partial charge in [0.2, 0.25) is 0 Å². The first-order chi connectivity index (χ1) is 6.68. The number of benzene rings is 1. The average Bonchev–Trinajstić information content (AvgIpc) is 2.07. The number of hydrogen-bond donors (Lipinski definition) is 1. The van der Waals surface area contributed by atoms with Crippen molar-refractivity contribution in [1.82, 2.24) is 0 Å². The topological polar surface area (TPSA) is 26.0 Å². The fourth-order valence-corrected chi connectivity index (χ4v) is 2.60. The molecule has 0 unspecified atom stereocenters. The van der Waals surface area contributed by atoms with Crippen LogP contribution in [0.3, 0.4) is 0 Å². The van der Waals surface area contributed by atoms with Gasteiger partial charge >= 0.3 is 0 Å². The molecule has 1 aromatic carbocycles. The van der Waals surface area contributed by atoms with Gasteiger partial charge in [-0.1, -0.05) is 30.2 Å². The Labute approximate surface area is 86.3 Å². The molecule has 0 saturated heterocycles. The molecule has 1 heteroatoms. The maximum absolute atomic E-state index is 5.91. The van der Waals surface area contributed by atoms with E-state index in [-0.39, 0.29) is 0 Å². The summed E-state index contributed by atoms with van der Waals surface area (Å²) in [7, 11) is 0. The third-order valence-electron chi connectivity index (χ3n) is 3.65. The first-order valence-electron chi connectivity index (χ1n) is 5.46. The molecule has 2 N–H and O–H groups in total. The molecule has 2 rings (SSSR count). The summed E-state index contributed by atoms with van der Waals surface area (Å²) in [5, 5.41) is 0. The van der Waals surface area contributed by atoms with Crippen LogP contribution in [0.15, 0.2) is 18.2 Å². The normalized spacial score (nSPS) is 19.1. The van der Waals surface area contributed by atoms with Crippen molar-refractivity contribution in [2.45, 2.75) is 38.5 Å². The van der Waals surface area contributed by atoms with Crippen LogP contribution < -0.4 is 5.73 Å². The van der Waals surface area contributed by atoms with Gasteiger partial charge in [-0.25, -0.2) is 0 Å². The van der Waals surface area contributed by atoms with Crippen LogP contribution in [0.4, 0.5) is 0 Å². The Bertz CT molecular complexity index is 332. The Balaban J connectivity index is 2.40. The van der Waals surface area contributed by atoms with Crippen molar-refractivity contribution in [3.63, 3.8) is 0 Å². The number of rotatable bonds is 2. The van der Waals surface area contributed by atoms with E-state index in [1.165, 1.54) is 36.0 Å². The molecule has 0 aliphatic heterocycles. The fraction of sp³-hybridized carbons (Fsp3) is 0.538.